The molecule has 0 saturated carbocycles. The second kappa shape index (κ2) is 9.27. The Morgan fingerprint density at radius 2 is 1.84 bits per heavy atom. The number of sulfonamides is 1. The van der Waals surface area contributed by atoms with E-state index in [4.69, 9.17) is 9.56 Å². The van der Waals surface area contributed by atoms with Crippen molar-refractivity contribution in [1.29, 1.82) is 0 Å². The molecule has 2 heterocycles. The molecule has 4 aromatic rings. The molecule has 0 spiro atoms. The first kappa shape index (κ1) is 21.6. The van der Waals surface area contributed by atoms with Gasteiger partial charge >= 0.3 is 0 Å². The van der Waals surface area contributed by atoms with Gasteiger partial charge in [-0.15, -0.1) is 23.1 Å². The molecule has 0 aliphatic rings. The summed E-state index contributed by atoms with van der Waals surface area (Å²) in [5.41, 5.74) is 2.46. The maximum absolute atomic E-state index is 12.9. The molecule has 0 bridgehead atoms. The molecular formula is C22H20N2O4S3. The van der Waals surface area contributed by atoms with Gasteiger partial charge in [0.1, 0.15) is 5.58 Å². The molecule has 0 aliphatic heterocycles. The van der Waals surface area contributed by atoms with Gasteiger partial charge in [-0.3, -0.25) is 4.79 Å². The minimum absolute atomic E-state index is 0.0652. The highest BCUT2D eigenvalue weighted by Gasteiger charge is 2.20. The van der Waals surface area contributed by atoms with Crippen molar-refractivity contribution in [2.24, 2.45) is 5.14 Å². The van der Waals surface area contributed by atoms with Crippen molar-refractivity contribution < 1.29 is 17.6 Å². The van der Waals surface area contributed by atoms with Gasteiger partial charge in [0.05, 0.1) is 9.10 Å². The number of fused-ring (bicyclic) bond motifs is 1. The van der Waals surface area contributed by atoms with E-state index >= 15 is 0 Å². The van der Waals surface area contributed by atoms with E-state index in [9.17, 15) is 13.2 Å². The standard InChI is InChI=1S/C22H20N2O4S3/c23-31(26,27)16-9-7-15(8-10-16)11-12-24-22(25)21-18(14-30-20-6-3-13-29-20)17-4-1-2-5-19(17)28-21/h1-10,13H,11-12,14H2,(H,24,25)(H2,23,26,27). The highest BCUT2D eigenvalue weighted by atomic mass is 32.2. The molecular weight excluding hydrogens is 452 g/mol. The molecule has 4 rings (SSSR count). The van der Waals surface area contributed by atoms with E-state index in [1.807, 2.05) is 35.7 Å². The van der Waals surface area contributed by atoms with Crippen molar-refractivity contribution in [3.63, 3.8) is 0 Å². The highest BCUT2D eigenvalue weighted by Crippen LogP contribution is 2.33. The molecule has 9 heteroatoms. The average Bonchev–Trinajstić information content (AvgIpc) is 3.39. The van der Waals surface area contributed by atoms with Gasteiger partial charge in [-0.1, -0.05) is 36.4 Å². The number of thiophene rings is 1. The van der Waals surface area contributed by atoms with Gasteiger partial charge in [-0.25, -0.2) is 13.6 Å². The molecule has 3 N–H and O–H groups in total. The predicted molar refractivity (Wildman–Crippen MR) is 124 cm³/mol. The predicted octanol–water partition coefficient (Wildman–Crippen LogP) is 4.41. The third kappa shape index (κ3) is 5.19. The molecule has 1 amide bonds. The maximum atomic E-state index is 12.9. The topological polar surface area (TPSA) is 102 Å². The Hall–Kier alpha value is -2.59. The quantitative estimate of drug-likeness (QED) is 0.370. The zero-order chi connectivity index (χ0) is 21.8. The first-order valence-electron chi connectivity index (χ1n) is 9.48. The number of rotatable bonds is 8. The number of nitrogens with one attached hydrogen (secondary N) is 1. The summed E-state index contributed by atoms with van der Waals surface area (Å²) in [6, 6.07) is 18.0. The van der Waals surface area contributed by atoms with Crippen LogP contribution in [0.3, 0.4) is 0 Å². The second-order valence-electron chi connectivity index (χ2n) is 6.82. The third-order valence-corrected chi connectivity index (χ3v) is 7.80. The molecule has 0 unspecified atom stereocenters. The van der Waals surface area contributed by atoms with Crippen LogP contribution in [0.5, 0.6) is 0 Å². The summed E-state index contributed by atoms with van der Waals surface area (Å²) in [6.45, 7) is 0.391. The number of carbonyl (C=O) groups excluding carboxylic acids is 1. The van der Waals surface area contributed by atoms with Crippen LogP contribution in [0.1, 0.15) is 21.7 Å². The fraction of sp³-hybridized carbons (Fsp3) is 0.136. The molecule has 2 aromatic carbocycles. The number of carbonyl (C=O) groups is 1. The minimum atomic E-state index is -3.71. The van der Waals surface area contributed by atoms with Gasteiger partial charge in [-0.2, -0.15) is 0 Å². The van der Waals surface area contributed by atoms with Gasteiger partial charge < -0.3 is 9.73 Å². The first-order valence-corrected chi connectivity index (χ1v) is 12.9. The average molecular weight is 473 g/mol. The van der Waals surface area contributed by atoms with E-state index in [1.54, 1.807) is 35.2 Å². The minimum Gasteiger partial charge on any atom is -0.451 e. The smallest absolute Gasteiger partial charge is 0.287 e. The number of amides is 1. The zero-order valence-electron chi connectivity index (χ0n) is 16.4. The fourth-order valence-corrected chi connectivity index (χ4v) is 5.49. The Balaban J connectivity index is 1.45. The normalized spacial score (nSPS) is 11.6. The summed E-state index contributed by atoms with van der Waals surface area (Å²) in [5.74, 6) is 0.698. The Labute approximate surface area is 188 Å². The lowest BCUT2D eigenvalue weighted by Crippen LogP contribution is -2.26. The first-order chi connectivity index (χ1) is 14.9. The van der Waals surface area contributed by atoms with Crippen molar-refractivity contribution in [3.8, 4) is 0 Å². The van der Waals surface area contributed by atoms with Crippen LogP contribution in [-0.2, 0) is 22.2 Å². The summed E-state index contributed by atoms with van der Waals surface area (Å²) in [4.78, 5) is 12.9. The van der Waals surface area contributed by atoms with Crippen LogP contribution >= 0.6 is 23.1 Å². The van der Waals surface area contributed by atoms with Gasteiger partial charge in [0.15, 0.2) is 5.76 Å². The van der Waals surface area contributed by atoms with Crippen LogP contribution in [0.15, 0.2) is 79.6 Å². The molecule has 6 nitrogen and oxygen atoms in total. The number of para-hydroxylation sites is 1. The summed E-state index contributed by atoms with van der Waals surface area (Å²) >= 11 is 3.34. The van der Waals surface area contributed by atoms with E-state index < -0.39 is 10.0 Å². The van der Waals surface area contributed by atoms with Crippen molar-refractivity contribution in [2.45, 2.75) is 21.3 Å². The van der Waals surface area contributed by atoms with E-state index in [0.29, 0.717) is 30.1 Å². The summed E-state index contributed by atoms with van der Waals surface area (Å²) in [5, 5.41) is 11.0. The molecule has 0 atom stereocenters. The van der Waals surface area contributed by atoms with Crippen molar-refractivity contribution in [1.82, 2.24) is 5.32 Å². The van der Waals surface area contributed by atoms with E-state index in [2.05, 4.69) is 11.4 Å². The Bertz CT molecular complexity index is 1290. The van der Waals surface area contributed by atoms with Gasteiger partial charge in [-0.05, 0) is 41.6 Å². The van der Waals surface area contributed by atoms with Crippen molar-refractivity contribution >= 4 is 50.0 Å². The summed E-state index contributed by atoms with van der Waals surface area (Å²) < 4.78 is 29.8. The highest BCUT2D eigenvalue weighted by molar-refractivity contribution is 8.00. The van der Waals surface area contributed by atoms with Gasteiger partial charge in [0.2, 0.25) is 10.0 Å². The monoisotopic (exact) mass is 472 g/mol. The fourth-order valence-electron chi connectivity index (χ4n) is 3.16. The second-order valence-corrected chi connectivity index (χ2v) is 10.6. The third-order valence-electron chi connectivity index (χ3n) is 4.71. The number of nitrogens with two attached hydrogens (primary N) is 1. The lowest BCUT2D eigenvalue weighted by atomic mass is 10.1. The van der Waals surface area contributed by atoms with E-state index in [1.165, 1.54) is 16.3 Å². The summed E-state index contributed by atoms with van der Waals surface area (Å²) in [7, 11) is -3.71. The lowest BCUT2D eigenvalue weighted by molar-refractivity contribution is 0.0927. The van der Waals surface area contributed by atoms with Crippen molar-refractivity contribution in [2.75, 3.05) is 6.54 Å². The Kier molecular flexibility index (Phi) is 6.47. The van der Waals surface area contributed by atoms with E-state index in [-0.39, 0.29) is 10.8 Å². The van der Waals surface area contributed by atoms with Gasteiger partial charge in [0, 0.05) is 23.2 Å². The number of benzene rings is 2. The molecule has 160 valence electrons. The number of thioether (sulfide) groups is 1. The number of hydrogen-bond donors (Lipinski definition) is 2. The number of furan rings is 1. The van der Waals surface area contributed by atoms with Crippen LogP contribution in [0.4, 0.5) is 0 Å². The van der Waals surface area contributed by atoms with Crippen LogP contribution in [-0.4, -0.2) is 20.9 Å². The largest absolute Gasteiger partial charge is 0.451 e. The Morgan fingerprint density at radius 1 is 1.06 bits per heavy atom. The number of hydrogen-bond acceptors (Lipinski definition) is 6. The van der Waals surface area contributed by atoms with Crippen LogP contribution < -0.4 is 10.5 Å². The zero-order valence-corrected chi connectivity index (χ0v) is 18.9. The molecule has 0 saturated heterocycles. The van der Waals surface area contributed by atoms with Crippen LogP contribution in [0.2, 0.25) is 0 Å². The van der Waals surface area contributed by atoms with Crippen molar-refractivity contribution in [3.05, 3.63) is 82.9 Å². The van der Waals surface area contributed by atoms with Crippen LogP contribution in [0, 0.1) is 0 Å². The van der Waals surface area contributed by atoms with Crippen LogP contribution in [0.25, 0.3) is 11.0 Å². The molecule has 0 radical (unpaired) electrons. The molecule has 0 aliphatic carbocycles. The Morgan fingerprint density at radius 3 is 2.55 bits per heavy atom. The van der Waals surface area contributed by atoms with E-state index in [0.717, 1.165) is 16.5 Å². The summed E-state index contributed by atoms with van der Waals surface area (Å²) in [6.07, 6.45) is 0.552. The molecule has 2 aromatic heterocycles. The maximum Gasteiger partial charge on any atom is 0.287 e. The number of primary sulfonamides is 1. The van der Waals surface area contributed by atoms with Gasteiger partial charge in [0.25, 0.3) is 5.91 Å². The molecule has 0 fully saturated rings. The molecule has 31 heavy (non-hydrogen) atoms. The lowest BCUT2D eigenvalue weighted by Gasteiger charge is -2.06. The SMILES string of the molecule is NS(=O)(=O)c1ccc(CCNC(=O)c2oc3ccccc3c2CSc2cccs2)cc1.